The summed E-state index contributed by atoms with van der Waals surface area (Å²) in [7, 11) is 1.90. The summed E-state index contributed by atoms with van der Waals surface area (Å²) in [6, 6.07) is 7.91. The third-order valence-electron chi connectivity index (χ3n) is 5.96. The first kappa shape index (κ1) is 16.3. The van der Waals surface area contributed by atoms with Crippen molar-refractivity contribution < 1.29 is 9.90 Å². The summed E-state index contributed by atoms with van der Waals surface area (Å²) in [6.07, 6.45) is 7.93. The van der Waals surface area contributed by atoms with Gasteiger partial charge in [-0.05, 0) is 56.2 Å². The van der Waals surface area contributed by atoms with E-state index in [0.29, 0.717) is 17.7 Å². The van der Waals surface area contributed by atoms with Gasteiger partial charge in [-0.15, -0.1) is 0 Å². The summed E-state index contributed by atoms with van der Waals surface area (Å²) in [4.78, 5) is 12.1. The van der Waals surface area contributed by atoms with Crippen LogP contribution in [0.5, 0.6) is 0 Å². The summed E-state index contributed by atoms with van der Waals surface area (Å²) in [5.41, 5.74) is 4.56. The van der Waals surface area contributed by atoms with Gasteiger partial charge in [0.25, 0.3) is 0 Å². The molecular formula is C20H25N3O2. The van der Waals surface area contributed by atoms with E-state index in [0.717, 1.165) is 41.8 Å². The van der Waals surface area contributed by atoms with Crippen molar-refractivity contribution in [2.75, 3.05) is 7.05 Å². The molecule has 1 spiro atoms. The Balaban J connectivity index is 1.83. The van der Waals surface area contributed by atoms with Gasteiger partial charge in [0.2, 0.25) is 0 Å². The van der Waals surface area contributed by atoms with Crippen LogP contribution in [0, 0.1) is 5.41 Å². The fraction of sp³-hybridized carbons (Fsp3) is 0.500. The van der Waals surface area contributed by atoms with Gasteiger partial charge >= 0.3 is 5.97 Å². The van der Waals surface area contributed by atoms with Crippen molar-refractivity contribution in [1.29, 1.82) is 0 Å². The molecule has 2 N–H and O–H groups in total. The van der Waals surface area contributed by atoms with Gasteiger partial charge in [0.1, 0.15) is 0 Å². The highest BCUT2D eigenvalue weighted by atomic mass is 16.4. The molecule has 5 heteroatoms. The number of aromatic nitrogens is 2. The van der Waals surface area contributed by atoms with Gasteiger partial charge in [0.15, 0.2) is 5.69 Å². The predicted octanol–water partition coefficient (Wildman–Crippen LogP) is 3.34. The zero-order chi connectivity index (χ0) is 17.4. The van der Waals surface area contributed by atoms with Gasteiger partial charge in [-0.2, -0.15) is 5.10 Å². The molecule has 132 valence electrons. The summed E-state index contributed by atoms with van der Waals surface area (Å²) >= 11 is 0. The highest BCUT2D eigenvalue weighted by Crippen LogP contribution is 2.48. The van der Waals surface area contributed by atoms with E-state index in [-0.39, 0.29) is 0 Å². The Morgan fingerprint density at radius 2 is 2.04 bits per heavy atom. The number of nitrogens with zero attached hydrogens (tertiary/aromatic N) is 2. The van der Waals surface area contributed by atoms with Crippen LogP contribution < -0.4 is 5.32 Å². The highest BCUT2D eigenvalue weighted by Gasteiger charge is 2.40. The Kier molecular flexibility index (Phi) is 4.12. The van der Waals surface area contributed by atoms with Crippen molar-refractivity contribution in [3.05, 3.63) is 46.8 Å². The molecule has 1 aromatic heterocycles. The number of aromatic carboxylic acids is 1. The van der Waals surface area contributed by atoms with E-state index >= 15 is 0 Å². The first-order valence-corrected chi connectivity index (χ1v) is 9.20. The molecule has 0 aliphatic heterocycles. The monoisotopic (exact) mass is 339 g/mol. The minimum absolute atomic E-state index is 0.315. The first-order chi connectivity index (χ1) is 12.1. The minimum atomic E-state index is -0.872. The van der Waals surface area contributed by atoms with E-state index in [9.17, 15) is 9.90 Å². The third kappa shape index (κ3) is 2.76. The molecule has 0 radical (unpaired) electrons. The van der Waals surface area contributed by atoms with Crippen LogP contribution in [-0.4, -0.2) is 27.9 Å². The fourth-order valence-electron chi connectivity index (χ4n) is 4.73. The second kappa shape index (κ2) is 6.30. The standard InChI is InChI=1S/C20H25N3O2/c1-21-13-14-6-2-3-7-17(14)23-18(19(24)25)15-12-20(9-4-5-10-20)11-8-16(15)22-23/h2-3,6-7,21H,4-5,8-13H2,1H3,(H,24,25). The molecule has 1 heterocycles. The van der Waals surface area contributed by atoms with Gasteiger partial charge in [0, 0.05) is 12.1 Å². The molecule has 2 aliphatic rings. The second-order valence-electron chi connectivity index (χ2n) is 7.53. The van der Waals surface area contributed by atoms with Gasteiger partial charge in [0.05, 0.1) is 11.4 Å². The number of carbonyl (C=O) groups is 1. The van der Waals surface area contributed by atoms with Crippen LogP contribution in [0.3, 0.4) is 0 Å². The number of carboxylic acid groups (broad SMARTS) is 1. The number of carboxylic acids is 1. The Hall–Kier alpha value is -2.14. The molecular weight excluding hydrogens is 314 g/mol. The second-order valence-corrected chi connectivity index (χ2v) is 7.53. The summed E-state index contributed by atoms with van der Waals surface area (Å²) in [5.74, 6) is -0.872. The number of fused-ring (bicyclic) bond motifs is 1. The van der Waals surface area contributed by atoms with Gasteiger partial charge in [-0.25, -0.2) is 9.48 Å². The molecule has 2 aromatic rings. The zero-order valence-corrected chi connectivity index (χ0v) is 14.7. The maximum atomic E-state index is 12.1. The molecule has 1 fully saturated rings. The lowest BCUT2D eigenvalue weighted by atomic mass is 9.71. The number of para-hydroxylation sites is 1. The molecule has 4 rings (SSSR count). The van der Waals surface area contributed by atoms with Crippen molar-refractivity contribution in [3.8, 4) is 5.69 Å². The number of hydrogen-bond donors (Lipinski definition) is 2. The van der Waals surface area contributed by atoms with Crippen molar-refractivity contribution in [2.45, 2.75) is 51.5 Å². The third-order valence-corrected chi connectivity index (χ3v) is 5.96. The van der Waals surface area contributed by atoms with Crippen LogP contribution in [0.25, 0.3) is 5.69 Å². The molecule has 1 saturated carbocycles. The Morgan fingerprint density at radius 1 is 1.28 bits per heavy atom. The molecule has 0 unspecified atom stereocenters. The van der Waals surface area contributed by atoms with Gasteiger partial charge in [-0.3, -0.25) is 0 Å². The smallest absolute Gasteiger partial charge is 0.354 e. The first-order valence-electron chi connectivity index (χ1n) is 9.20. The quantitative estimate of drug-likeness (QED) is 0.896. The van der Waals surface area contributed by atoms with E-state index in [2.05, 4.69) is 5.32 Å². The maximum Gasteiger partial charge on any atom is 0.354 e. The lowest BCUT2D eigenvalue weighted by Crippen LogP contribution is -2.26. The molecule has 1 aromatic carbocycles. The van der Waals surface area contributed by atoms with Crippen molar-refractivity contribution >= 4 is 5.97 Å². The van der Waals surface area contributed by atoms with Crippen LogP contribution in [0.2, 0.25) is 0 Å². The molecule has 25 heavy (non-hydrogen) atoms. The SMILES string of the molecule is CNCc1ccccc1-n1nc2c(c1C(=O)O)CC1(CCCC1)CC2. The Bertz CT molecular complexity index is 803. The van der Waals surface area contributed by atoms with Gasteiger partial charge in [-0.1, -0.05) is 31.0 Å². The van der Waals surface area contributed by atoms with Crippen LogP contribution in [0.1, 0.15) is 59.4 Å². The topological polar surface area (TPSA) is 67.2 Å². The van der Waals surface area contributed by atoms with Crippen molar-refractivity contribution in [1.82, 2.24) is 15.1 Å². The highest BCUT2D eigenvalue weighted by molar-refractivity contribution is 5.89. The number of nitrogens with one attached hydrogen (secondary N) is 1. The van der Waals surface area contributed by atoms with Crippen LogP contribution in [-0.2, 0) is 19.4 Å². The van der Waals surface area contributed by atoms with E-state index in [1.165, 1.54) is 25.7 Å². The number of hydrogen-bond acceptors (Lipinski definition) is 3. The van der Waals surface area contributed by atoms with Crippen molar-refractivity contribution in [3.63, 3.8) is 0 Å². The molecule has 2 aliphatic carbocycles. The predicted molar refractivity (Wildman–Crippen MR) is 96.2 cm³/mol. The van der Waals surface area contributed by atoms with Gasteiger partial charge < -0.3 is 10.4 Å². The van der Waals surface area contributed by atoms with Crippen molar-refractivity contribution in [2.24, 2.45) is 5.41 Å². The maximum absolute atomic E-state index is 12.1. The fourth-order valence-corrected chi connectivity index (χ4v) is 4.73. The summed E-state index contributed by atoms with van der Waals surface area (Å²) in [6.45, 7) is 0.684. The van der Waals surface area contributed by atoms with E-state index < -0.39 is 5.97 Å². The lowest BCUT2D eigenvalue weighted by Gasteiger charge is -2.32. The molecule has 0 atom stereocenters. The zero-order valence-electron chi connectivity index (χ0n) is 14.7. The summed E-state index contributed by atoms with van der Waals surface area (Å²) < 4.78 is 1.67. The van der Waals surface area contributed by atoms with Crippen LogP contribution in [0.15, 0.2) is 24.3 Å². The minimum Gasteiger partial charge on any atom is -0.476 e. The Labute approximate surface area is 148 Å². The summed E-state index contributed by atoms with van der Waals surface area (Å²) in [5, 5.41) is 17.9. The van der Waals surface area contributed by atoms with E-state index in [4.69, 9.17) is 5.10 Å². The number of rotatable bonds is 4. The Morgan fingerprint density at radius 3 is 2.76 bits per heavy atom. The average Bonchev–Trinajstić information content (AvgIpc) is 3.20. The molecule has 0 bridgehead atoms. The van der Waals surface area contributed by atoms with E-state index in [1.54, 1.807) is 4.68 Å². The molecule has 5 nitrogen and oxygen atoms in total. The van der Waals surface area contributed by atoms with Crippen LogP contribution in [0.4, 0.5) is 0 Å². The largest absolute Gasteiger partial charge is 0.476 e. The normalized spacial score (nSPS) is 18.4. The molecule has 0 amide bonds. The lowest BCUT2D eigenvalue weighted by molar-refractivity contribution is 0.0684. The van der Waals surface area contributed by atoms with Crippen LogP contribution >= 0.6 is 0 Å². The molecule has 0 saturated heterocycles. The van der Waals surface area contributed by atoms with E-state index in [1.807, 2.05) is 31.3 Å². The average molecular weight is 339 g/mol. The number of benzene rings is 1. The number of aryl methyl sites for hydroxylation is 1.